The molecule has 35 heavy (non-hydrogen) atoms. The maximum absolute atomic E-state index is 13.5. The summed E-state index contributed by atoms with van der Waals surface area (Å²) in [5, 5.41) is 14.7. The van der Waals surface area contributed by atoms with E-state index < -0.39 is 16.1 Å². The maximum Gasteiger partial charge on any atom is 0.337 e. The van der Waals surface area contributed by atoms with E-state index in [0.717, 1.165) is 5.56 Å². The van der Waals surface area contributed by atoms with Crippen molar-refractivity contribution in [2.75, 3.05) is 4.90 Å². The molecule has 0 spiro atoms. The van der Waals surface area contributed by atoms with E-state index in [9.17, 15) is 18.5 Å². The number of sulfonamides is 1. The zero-order valence-electron chi connectivity index (χ0n) is 18.6. The number of hydrogen-bond acceptors (Lipinski definition) is 5. The van der Waals surface area contributed by atoms with E-state index in [-0.39, 0.29) is 22.8 Å². The number of anilines is 1. The van der Waals surface area contributed by atoms with Gasteiger partial charge in [-0.3, -0.25) is 4.90 Å². The third-order valence-electron chi connectivity index (χ3n) is 5.18. The largest absolute Gasteiger partial charge is 0.337 e. The Morgan fingerprint density at radius 1 is 1.03 bits per heavy atom. The molecule has 0 aliphatic carbocycles. The SMILES string of the molecule is Cc1nn(-c2ccccc2)c(N(Cc2ccccc2)C(=O)NS(=O)(=O)c2ccc(Cl)cc2)c1C#N. The molecule has 1 N–H and O–H groups in total. The number of rotatable bonds is 6. The lowest BCUT2D eigenvalue weighted by Gasteiger charge is -2.24. The second-order valence-electron chi connectivity index (χ2n) is 7.58. The Balaban J connectivity index is 1.82. The summed E-state index contributed by atoms with van der Waals surface area (Å²) in [5.41, 5.74) is 1.90. The normalized spacial score (nSPS) is 11.0. The van der Waals surface area contributed by atoms with E-state index in [1.54, 1.807) is 55.5 Å². The molecule has 8 nitrogen and oxygen atoms in total. The van der Waals surface area contributed by atoms with Crippen LogP contribution in [0.1, 0.15) is 16.8 Å². The standard InChI is InChI=1S/C25H20ClN5O3S/c1-18-23(16-27)24(31(28-18)21-10-6-3-7-11-21)30(17-19-8-4-2-5-9-19)25(32)29-35(33,34)22-14-12-20(26)13-15-22/h2-15H,17H2,1H3,(H,29,32). The lowest BCUT2D eigenvalue weighted by Crippen LogP contribution is -2.43. The molecule has 4 aromatic rings. The van der Waals surface area contributed by atoms with Crippen molar-refractivity contribution < 1.29 is 13.2 Å². The van der Waals surface area contributed by atoms with E-state index in [1.165, 1.54) is 33.8 Å². The van der Waals surface area contributed by atoms with Crippen molar-refractivity contribution in [3.63, 3.8) is 0 Å². The van der Waals surface area contributed by atoms with Crippen molar-refractivity contribution in [1.82, 2.24) is 14.5 Å². The van der Waals surface area contributed by atoms with Gasteiger partial charge in [-0.15, -0.1) is 0 Å². The van der Waals surface area contributed by atoms with Gasteiger partial charge in [0.2, 0.25) is 0 Å². The molecule has 0 bridgehead atoms. The van der Waals surface area contributed by atoms with Gasteiger partial charge in [-0.1, -0.05) is 60.1 Å². The van der Waals surface area contributed by atoms with Crippen molar-refractivity contribution in [2.24, 2.45) is 0 Å². The molecular weight excluding hydrogens is 486 g/mol. The lowest BCUT2D eigenvalue weighted by atomic mass is 10.2. The predicted molar refractivity (Wildman–Crippen MR) is 133 cm³/mol. The van der Waals surface area contributed by atoms with Gasteiger partial charge >= 0.3 is 6.03 Å². The Kier molecular flexibility index (Phi) is 6.87. The number of nitrogens with zero attached hydrogens (tertiary/aromatic N) is 4. The summed E-state index contributed by atoms with van der Waals surface area (Å²) in [5.74, 6) is 0.156. The van der Waals surface area contributed by atoms with E-state index in [4.69, 9.17) is 11.6 Å². The Morgan fingerprint density at radius 2 is 1.63 bits per heavy atom. The number of para-hydroxylation sites is 1. The molecule has 1 aromatic heterocycles. The highest BCUT2D eigenvalue weighted by Crippen LogP contribution is 2.29. The van der Waals surface area contributed by atoms with Crippen molar-refractivity contribution >= 4 is 33.5 Å². The number of hydrogen-bond donors (Lipinski definition) is 1. The quantitative estimate of drug-likeness (QED) is 0.404. The van der Waals surface area contributed by atoms with Gasteiger partial charge in [0.05, 0.1) is 22.8 Å². The average molecular weight is 506 g/mol. The van der Waals surface area contributed by atoms with Crippen molar-refractivity contribution in [3.05, 3.63) is 107 Å². The Labute approximate surface area is 208 Å². The highest BCUT2D eigenvalue weighted by Gasteiger charge is 2.30. The summed E-state index contributed by atoms with van der Waals surface area (Å²) in [6.45, 7) is 1.65. The molecule has 0 saturated carbocycles. The van der Waals surface area contributed by atoms with Crippen LogP contribution in [0.4, 0.5) is 10.6 Å². The lowest BCUT2D eigenvalue weighted by molar-refractivity contribution is 0.250. The predicted octanol–water partition coefficient (Wildman–Crippen LogP) is 4.81. The van der Waals surface area contributed by atoms with Gasteiger partial charge in [-0.05, 0) is 48.9 Å². The maximum atomic E-state index is 13.5. The third kappa shape index (κ3) is 5.19. The van der Waals surface area contributed by atoms with Gasteiger partial charge in [0.1, 0.15) is 11.6 Å². The van der Waals surface area contributed by atoms with Crippen molar-refractivity contribution in [2.45, 2.75) is 18.4 Å². The van der Waals surface area contributed by atoms with E-state index >= 15 is 0 Å². The van der Waals surface area contributed by atoms with Crippen LogP contribution in [0.3, 0.4) is 0 Å². The number of halogens is 1. The molecule has 0 atom stereocenters. The smallest absolute Gasteiger partial charge is 0.272 e. The number of carbonyl (C=O) groups is 1. The van der Waals surface area contributed by atoms with Crippen LogP contribution in [0.15, 0.2) is 89.8 Å². The molecule has 4 rings (SSSR count). The Bertz CT molecular complexity index is 1500. The van der Waals surface area contributed by atoms with E-state index in [0.29, 0.717) is 16.4 Å². The number of benzene rings is 3. The van der Waals surface area contributed by atoms with Crippen LogP contribution in [0, 0.1) is 18.3 Å². The van der Waals surface area contributed by atoms with Crippen molar-refractivity contribution in [1.29, 1.82) is 5.26 Å². The molecule has 10 heteroatoms. The highest BCUT2D eigenvalue weighted by atomic mass is 35.5. The molecule has 3 aromatic carbocycles. The zero-order chi connectivity index (χ0) is 25.0. The second-order valence-corrected chi connectivity index (χ2v) is 9.70. The zero-order valence-corrected chi connectivity index (χ0v) is 20.2. The van der Waals surface area contributed by atoms with Crippen molar-refractivity contribution in [3.8, 4) is 11.8 Å². The fourth-order valence-electron chi connectivity index (χ4n) is 3.50. The van der Waals surface area contributed by atoms with Crippen LogP contribution in [0.25, 0.3) is 5.69 Å². The van der Waals surface area contributed by atoms with E-state index in [1.807, 2.05) is 12.1 Å². The molecule has 0 saturated heterocycles. The number of aryl methyl sites for hydroxylation is 1. The van der Waals surface area contributed by atoms with Crippen LogP contribution in [-0.2, 0) is 16.6 Å². The molecule has 0 fully saturated rings. The van der Waals surface area contributed by atoms with Crippen LogP contribution in [0.2, 0.25) is 5.02 Å². The number of nitrogens with one attached hydrogen (secondary N) is 1. The van der Waals surface area contributed by atoms with Gasteiger partial charge in [0.15, 0.2) is 5.82 Å². The van der Waals surface area contributed by atoms with Gasteiger partial charge in [-0.2, -0.15) is 10.4 Å². The molecule has 176 valence electrons. The molecular formula is C25H20ClN5O3S. The number of aromatic nitrogens is 2. The van der Waals surface area contributed by atoms with Crippen LogP contribution < -0.4 is 9.62 Å². The molecule has 1 heterocycles. The summed E-state index contributed by atoms with van der Waals surface area (Å²) in [7, 11) is -4.22. The van der Waals surface area contributed by atoms with Gasteiger partial charge in [0.25, 0.3) is 10.0 Å². The summed E-state index contributed by atoms with van der Waals surface area (Å²) in [6.07, 6.45) is 0. The minimum Gasteiger partial charge on any atom is -0.272 e. The Morgan fingerprint density at radius 3 is 2.23 bits per heavy atom. The second kappa shape index (κ2) is 10.0. The highest BCUT2D eigenvalue weighted by molar-refractivity contribution is 7.90. The number of nitriles is 1. The average Bonchev–Trinajstić information content (AvgIpc) is 3.19. The van der Waals surface area contributed by atoms with Gasteiger partial charge in [-0.25, -0.2) is 22.6 Å². The summed E-state index contributed by atoms with van der Waals surface area (Å²) >= 11 is 5.87. The molecule has 0 radical (unpaired) electrons. The first-order valence-electron chi connectivity index (χ1n) is 10.5. The van der Waals surface area contributed by atoms with Gasteiger partial charge in [0, 0.05) is 5.02 Å². The molecule has 0 unspecified atom stereocenters. The van der Waals surface area contributed by atoms with Gasteiger partial charge < -0.3 is 0 Å². The summed E-state index contributed by atoms with van der Waals surface area (Å²) < 4.78 is 29.5. The first-order valence-corrected chi connectivity index (χ1v) is 12.3. The van der Waals surface area contributed by atoms with E-state index in [2.05, 4.69) is 15.9 Å². The number of urea groups is 1. The number of carbonyl (C=O) groups excluding carboxylic acids is 1. The monoisotopic (exact) mass is 505 g/mol. The summed E-state index contributed by atoms with van der Waals surface area (Å²) in [4.78, 5) is 14.6. The van der Waals surface area contributed by atoms with Crippen LogP contribution in [0.5, 0.6) is 0 Å². The Hall–Kier alpha value is -4.13. The minimum absolute atomic E-state index is 0.00451. The first kappa shape index (κ1) is 24.0. The van der Waals surface area contributed by atoms with Crippen LogP contribution >= 0.6 is 11.6 Å². The molecule has 2 amide bonds. The van der Waals surface area contributed by atoms with Crippen LogP contribution in [-0.4, -0.2) is 24.2 Å². The fraction of sp³-hybridized carbons (Fsp3) is 0.0800. The minimum atomic E-state index is -4.22. The third-order valence-corrected chi connectivity index (χ3v) is 6.77. The molecule has 0 aliphatic heterocycles. The summed E-state index contributed by atoms with van der Waals surface area (Å²) in [6, 6.07) is 24.7. The topological polar surface area (TPSA) is 108 Å². The molecule has 0 aliphatic rings. The first-order chi connectivity index (χ1) is 16.8. The number of amides is 2. The fourth-order valence-corrected chi connectivity index (χ4v) is 4.57.